The number of halogens is 1. The molecule has 7 heteroatoms. The molecule has 0 heterocycles. The van der Waals surface area contributed by atoms with E-state index < -0.39 is 18.0 Å². The second-order valence-corrected chi connectivity index (χ2v) is 5.55. The fourth-order valence-corrected chi connectivity index (χ4v) is 2.21. The van der Waals surface area contributed by atoms with Gasteiger partial charge in [-0.3, -0.25) is 4.79 Å². The van der Waals surface area contributed by atoms with Gasteiger partial charge in [-0.05, 0) is 49.4 Å². The van der Waals surface area contributed by atoms with E-state index in [2.05, 4.69) is 5.32 Å². The summed E-state index contributed by atoms with van der Waals surface area (Å²) >= 11 is 5.90. The topological polar surface area (TPSA) is 73.9 Å². The Kier molecular flexibility index (Phi) is 6.25. The molecule has 2 aromatic carbocycles. The first-order valence-electron chi connectivity index (χ1n) is 7.44. The van der Waals surface area contributed by atoms with E-state index in [0.29, 0.717) is 22.2 Å². The number of benzene rings is 2. The van der Waals surface area contributed by atoms with E-state index in [1.165, 1.54) is 20.1 Å². The van der Waals surface area contributed by atoms with Crippen LogP contribution in [0.2, 0.25) is 5.02 Å². The van der Waals surface area contributed by atoms with Crippen molar-refractivity contribution in [3.63, 3.8) is 0 Å². The van der Waals surface area contributed by atoms with Gasteiger partial charge in [0.25, 0.3) is 5.91 Å². The lowest BCUT2D eigenvalue weighted by atomic mass is 10.2. The maximum Gasteiger partial charge on any atom is 0.342 e. The highest BCUT2D eigenvalue weighted by atomic mass is 35.5. The van der Waals surface area contributed by atoms with Crippen molar-refractivity contribution >= 4 is 29.2 Å². The molecule has 1 amide bonds. The lowest BCUT2D eigenvalue weighted by Crippen LogP contribution is -2.30. The van der Waals surface area contributed by atoms with Crippen molar-refractivity contribution in [1.82, 2.24) is 0 Å². The molecule has 25 heavy (non-hydrogen) atoms. The Bertz CT molecular complexity index is 761. The molecule has 0 bridgehead atoms. The van der Waals surface area contributed by atoms with Crippen molar-refractivity contribution in [1.29, 1.82) is 0 Å². The summed E-state index contributed by atoms with van der Waals surface area (Å²) in [5, 5.41) is 3.02. The van der Waals surface area contributed by atoms with Crippen LogP contribution in [-0.4, -0.2) is 32.2 Å². The van der Waals surface area contributed by atoms with Crippen LogP contribution in [0.3, 0.4) is 0 Å². The Morgan fingerprint density at radius 3 is 2.32 bits per heavy atom. The van der Waals surface area contributed by atoms with E-state index in [4.69, 9.17) is 25.8 Å². The summed E-state index contributed by atoms with van der Waals surface area (Å²) in [7, 11) is 2.99. The molecule has 132 valence electrons. The minimum Gasteiger partial charge on any atom is -0.497 e. The van der Waals surface area contributed by atoms with E-state index in [1.54, 1.807) is 43.5 Å². The number of ether oxygens (including phenoxy) is 3. The van der Waals surface area contributed by atoms with Gasteiger partial charge in [0.15, 0.2) is 6.10 Å². The van der Waals surface area contributed by atoms with Crippen LogP contribution in [0.15, 0.2) is 42.5 Å². The van der Waals surface area contributed by atoms with E-state index >= 15 is 0 Å². The fourth-order valence-electron chi connectivity index (χ4n) is 2.04. The highest BCUT2D eigenvalue weighted by Gasteiger charge is 2.21. The molecule has 0 fully saturated rings. The van der Waals surface area contributed by atoms with Crippen molar-refractivity contribution < 1.29 is 23.8 Å². The van der Waals surface area contributed by atoms with Crippen molar-refractivity contribution in [2.45, 2.75) is 13.0 Å². The first kappa shape index (κ1) is 18.6. The average Bonchev–Trinajstić information content (AvgIpc) is 2.62. The molecule has 0 saturated carbocycles. The molecule has 2 rings (SSSR count). The third kappa shape index (κ3) is 4.87. The van der Waals surface area contributed by atoms with E-state index in [-0.39, 0.29) is 5.56 Å². The summed E-state index contributed by atoms with van der Waals surface area (Å²) in [5.41, 5.74) is 0.716. The zero-order chi connectivity index (χ0) is 18.4. The van der Waals surface area contributed by atoms with Crippen molar-refractivity contribution in [2.75, 3.05) is 19.5 Å². The Balaban J connectivity index is 2.02. The molecule has 0 spiro atoms. The fraction of sp³-hybridized carbons (Fsp3) is 0.222. The minimum atomic E-state index is -1.00. The quantitative estimate of drug-likeness (QED) is 0.794. The summed E-state index contributed by atoms with van der Waals surface area (Å²) < 4.78 is 15.4. The maximum atomic E-state index is 12.3. The van der Waals surface area contributed by atoms with Crippen molar-refractivity contribution in [3.8, 4) is 11.5 Å². The van der Waals surface area contributed by atoms with Gasteiger partial charge < -0.3 is 19.5 Å². The van der Waals surface area contributed by atoms with Gasteiger partial charge >= 0.3 is 5.97 Å². The van der Waals surface area contributed by atoms with Crippen LogP contribution < -0.4 is 14.8 Å². The summed E-state index contributed by atoms with van der Waals surface area (Å²) in [6.07, 6.45) is -1.00. The van der Waals surface area contributed by atoms with Gasteiger partial charge in [0.2, 0.25) is 0 Å². The van der Waals surface area contributed by atoms with E-state index in [1.807, 2.05) is 0 Å². The zero-order valence-corrected chi connectivity index (χ0v) is 14.8. The van der Waals surface area contributed by atoms with Gasteiger partial charge in [0, 0.05) is 10.7 Å². The van der Waals surface area contributed by atoms with Crippen LogP contribution >= 0.6 is 11.6 Å². The molecule has 0 aromatic heterocycles. The van der Waals surface area contributed by atoms with Crippen LogP contribution in [0.25, 0.3) is 0 Å². The molecule has 2 aromatic rings. The Hall–Kier alpha value is -2.73. The highest BCUT2D eigenvalue weighted by molar-refractivity contribution is 6.31. The molecule has 0 radical (unpaired) electrons. The number of methoxy groups -OCH3 is 2. The molecule has 0 aliphatic rings. The first-order valence-corrected chi connectivity index (χ1v) is 7.82. The molecule has 0 aliphatic carbocycles. The van der Waals surface area contributed by atoms with Gasteiger partial charge in [-0.2, -0.15) is 0 Å². The van der Waals surface area contributed by atoms with Crippen LogP contribution in [0.5, 0.6) is 11.5 Å². The summed E-state index contributed by atoms with van der Waals surface area (Å²) in [6, 6.07) is 11.4. The summed E-state index contributed by atoms with van der Waals surface area (Å²) in [4.78, 5) is 24.4. The van der Waals surface area contributed by atoms with Crippen LogP contribution in [-0.2, 0) is 9.53 Å². The monoisotopic (exact) mass is 363 g/mol. The molecule has 1 N–H and O–H groups in total. The van der Waals surface area contributed by atoms with Crippen LogP contribution in [0.1, 0.15) is 17.3 Å². The van der Waals surface area contributed by atoms with Gasteiger partial charge in [0.1, 0.15) is 17.1 Å². The zero-order valence-electron chi connectivity index (χ0n) is 14.0. The highest BCUT2D eigenvalue weighted by Crippen LogP contribution is 2.24. The number of carbonyl (C=O) groups excluding carboxylic acids is 2. The summed E-state index contributed by atoms with van der Waals surface area (Å²) in [5.74, 6) is -0.168. The van der Waals surface area contributed by atoms with E-state index in [9.17, 15) is 9.59 Å². The Labute approximate surface area is 150 Å². The number of anilines is 1. The second-order valence-electron chi connectivity index (χ2n) is 5.11. The van der Waals surface area contributed by atoms with Gasteiger partial charge in [-0.1, -0.05) is 11.6 Å². The molecule has 0 saturated heterocycles. The molecule has 1 atom stereocenters. The predicted molar refractivity (Wildman–Crippen MR) is 94.5 cm³/mol. The van der Waals surface area contributed by atoms with Crippen molar-refractivity contribution in [3.05, 3.63) is 53.1 Å². The predicted octanol–water partition coefficient (Wildman–Crippen LogP) is 3.54. The Morgan fingerprint density at radius 2 is 1.72 bits per heavy atom. The SMILES string of the molecule is COc1ccc(NC(=O)[C@H](C)OC(=O)c2cc(Cl)ccc2OC)cc1. The third-order valence-corrected chi connectivity index (χ3v) is 3.63. The average molecular weight is 364 g/mol. The molecule has 0 unspecified atom stereocenters. The third-order valence-electron chi connectivity index (χ3n) is 3.39. The molecule has 6 nitrogen and oxygen atoms in total. The number of amides is 1. The lowest BCUT2D eigenvalue weighted by Gasteiger charge is -2.15. The van der Waals surface area contributed by atoms with Gasteiger partial charge in [0.05, 0.1) is 14.2 Å². The van der Waals surface area contributed by atoms with Crippen LogP contribution in [0.4, 0.5) is 5.69 Å². The van der Waals surface area contributed by atoms with Gasteiger partial charge in [-0.25, -0.2) is 4.79 Å². The second kappa shape index (κ2) is 8.39. The number of carbonyl (C=O) groups is 2. The molecular weight excluding hydrogens is 346 g/mol. The summed E-state index contributed by atoms with van der Waals surface area (Å²) in [6.45, 7) is 1.48. The standard InChI is InChI=1S/C18H18ClNO5/c1-11(17(21)20-13-5-7-14(23-2)8-6-13)25-18(22)15-10-12(19)4-9-16(15)24-3/h4-11H,1-3H3,(H,20,21)/t11-/m0/s1. The number of esters is 1. The first-order chi connectivity index (χ1) is 11.9. The smallest absolute Gasteiger partial charge is 0.342 e. The van der Waals surface area contributed by atoms with Crippen LogP contribution in [0, 0.1) is 0 Å². The lowest BCUT2D eigenvalue weighted by molar-refractivity contribution is -0.123. The molecular formula is C18H18ClNO5. The largest absolute Gasteiger partial charge is 0.497 e. The number of hydrogen-bond donors (Lipinski definition) is 1. The Morgan fingerprint density at radius 1 is 1.04 bits per heavy atom. The molecule has 0 aliphatic heterocycles. The number of rotatable bonds is 6. The van der Waals surface area contributed by atoms with E-state index in [0.717, 1.165) is 0 Å². The normalized spacial score (nSPS) is 11.4. The number of nitrogens with one attached hydrogen (secondary N) is 1. The minimum absolute atomic E-state index is 0.152. The number of hydrogen-bond acceptors (Lipinski definition) is 5. The van der Waals surface area contributed by atoms with Crippen molar-refractivity contribution in [2.24, 2.45) is 0 Å². The maximum absolute atomic E-state index is 12.3. The van der Waals surface area contributed by atoms with Gasteiger partial charge in [-0.15, -0.1) is 0 Å².